The second-order valence-electron chi connectivity index (χ2n) is 3.66. The molecule has 0 saturated carbocycles. The average Bonchev–Trinajstić information content (AvgIpc) is 2.79. The van der Waals surface area contributed by atoms with Gasteiger partial charge in [-0.2, -0.15) is 0 Å². The van der Waals surface area contributed by atoms with Gasteiger partial charge in [-0.1, -0.05) is 41.6 Å². The number of rotatable bonds is 5. The molecular weight excluding hydrogens is 266 g/mol. The molecule has 0 aliphatic heterocycles. The van der Waals surface area contributed by atoms with Gasteiger partial charge in [0.15, 0.2) is 11.0 Å². The van der Waals surface area contributed by atoms with Gasteiger partial charge in [-0.05, 0) is 19.1 Å². The van der Waals surface area contributed by atoms with Gasteiger partial charge in [-0.3, -0.25) is 0 Å². The molecule has 3 nitrogen and oxygen atoms in total. The van der Waals surface area contributed by atoms with Crippen LogP contribution in [0.5, 0.6) is 0 Å². The van der Waals surface area contributed by atoms with Gasteiger partial charge >= 0.3 is 0 Å². The van der Waals surface area contributed by atoms with Crippen LogP contribution < -0.4 is 0 Å². The first-order valence-electron chi connectivity index (χ1n) is 5.69. The van der Waals surface area contributed by atoms with Crippen molar-refractivity contribution in [3.05, 3.63) is 41.9 Å². The SMILES string of the molecule is C=CCSc1nnc(-c2cccc(Cl)c2)n1CC. The molecule has 0 unspecified atom stereocenters. The summed E-state index contributed by atoms with van der Waals surface area (Å²) in [5.74, 6) is 1.68. The van der Waals surface area contributed by atoms with E-state index in [0.29, 0.717) is 5.02 Å². The van der Waals surface area contributed by atoms with Gasteiger partial charge in [0.25, 0.3) is 0 Å². The van der Waals surface area contributed by atoms with Crippen LogP contribution in [0.4, 0.5) is 0 Å². The third-order valence-corrected chi connectivity index (χ3v) is 3.64. The molecule has 1 heterocycles. The summed E-state index contributed by atoms with van der Waals surface area (Å²) in [7, 11) is 0. The highest BCUT2D eigenvalue weighted by molar-refractivity contribution is 7.99. The Labute approximate surface area is 116 Å². The highest BCUT2D eigenvalue weighted by Gasteiger charge is 2.12. The predicted molar refractivity (Wildman–Crippen MR) is 77.1 cm³/mol. The Kier molecular flexibility index (Phi) is 4.44. The summed E-state index contributed by atoms with van der Waals surface area (Å²) >= 11 is 7.63. The number of nitrogens with zero attached hydrogens (tertiary/aromatic N) is 3. The van der Waals surface area contributed by atoms with Crippen molar-refractivity contribution in [3.8, 4) is 11.4 Å². The van der Waals surface area contributed by atoms with E-state index >= 15 is 0 Å². The van der Waals surface area contributed by atoms with E-state index in [0.717, 1.165) is 28.8 Å². The summed E-state index contributed by atoms with van der Waals surface area (Å²) < 4.78 is 2.08. The zero-order valence-corrected chi connectivity index (χ0v) is 11.7. The number of halogens is 1. The van der Waals surface area contributed by atoms with Crippen LogP contribution in [-0.2, 0) is 6.54 Å². The summed E-state index contributed by atoms with van der Waals surface area (Å²) in [6.07, 6.45) is 1.86. The normalized spacial score (nSPS) is 10.6. The van der Waals surface area contributed by atoms with E-state index in [1.165, 1.54) is 0 Å². The molecule has 0 radical (unpaired) electrons. The molecule has 18 heavy (non-hydrogen) atoms. The fourth-order valence-corrected chi connectivity index (χ4v) is 2.58. The molecule has 2 rings (SSSR count). The van der Waals surface area contributed by atoms with Crippen LogP contribution in [0.1, 0.15) is 6.92 Å². The van der Waals surface area contributed by atoms with E-state index in [-0.39, 0.29) is 0 Å². The van der Waals surface area contributed by atoms with Crippen molar-refractivity contribution in [2.24, 2.45) is 0 Å². The van der Waals surface area contributed by atoms with Gasteiger partial charge in [-0.15, -0.1) is 16.8 Å². The molecule has 5 heteroatoms. The van der Waals surface area contributed by atoms with Crippen LogP contribution in [0.2, 0.25) is 5.02 Å². The smallest absolute Gasteiger partial charge is 0.191 e. The van der Waals surface area contributed by atoms with Crippen LogP contribution >= 0.6 is 23.4 Å². The molecule has 1 aromatic carbocycles. The highest BCUT2D eigenvalue weighted by atomic mass is 35.5. The van der Waals surface area contributed by atoms with Crippen LogP contribution in [0.25, 0.3) is 11.4 Å². The van der Waals surface area contributed by atoms with Crippen LogP contribution in [-0.4, -0.2) is 20.5 Å². The van der Waals surface area contributed by atoms with Crippen molar-refractivity contribution in [3.63, 3.8) is 0 Å². The lowest BCUT2D eigenvalue weighted by Crippen LogP contribution is -1.99. The van der Waals surface area contributed by atoms with Crippen LogP contribution in [0.15, 0.2) is 42.1 Å². The summed E-state index contributed by atoms with van der Waals surface area (Å²) in [6.45, 7) is 6.62. The zero-order valence-electron chi connectivity index (χ0n) is 10.1. The van der Waals surface area contributed by atoms with E-state index in [4.69, 9.17) is 11.6 Å². The third-order valence-electron chi connectivity index (χ3n) is 2.45. The summed E-state index contributed by atoms with van der Waals surface area (Å²) in [4.78, 5) is 0. The molecule has 0 bridgehead atoms. The van der Waals surface area contributed by atoms with Crippen molar-refractivity contribution in [1.82, 2.24) is 14.8 Å². The number of benzene rings is 1. The quantitative estimate of drug-likeness (QED) is 0.614. The van der Waals surface area contributed by atoms with E-state index in [9.17, 15) is 0 Å². The largest absolute Gasteiger partial charge is 0.302 e. The Bertz CT molecular complexity index is 551. The Hall–Kier alpha value is -1.26. The van der Waals surface area contributed by atoms with Crippen LogP contribution in [0.3, 0.4) is 0 Å². The lowest BCUT2D eigenvalue weighted by molar-refractivity contribution is 0.688. The maximum absolute atomic E-state index is 6.00. The minimum atomic E-state index is 0.707. The standard InChI is InChI=1S/C13H14ClN3S/c1-3-8-18-13-16-15-12(17(13)4-2)10-6-5-7-11(14)9-10/h3,5-7,9H,1,4,8H2,2H3. The molecule has 1 aromatic heterocycles. The van der Waals surface area contributed by atoms with Gasteiger partial charge in [0.05, 0.1) is 0 Å². The molecule has 0 amide bonds. The summed E-state index contributed by atoms with van der Waals surface area (Å²) in [6, 6.07) is 7.66. The predicted octanol–water partition coefficient (Wildman–Crippen LogP) is 3.90. The molecule has 0 N–H and O–H groups in total. The maximum atomic E-state index is 6.00. The molecule has 2 aromatic rings. The Morgan fingerprint density at radius 3 is 2.94 bits per heavy atom. The maximum Gasteiger partial charge on any atom is 0.191 e. The molecule has 0 atom stereocenters. The zero-order chi connectivity index (χ0) is 13.0. The van der Waals surface area contributed by atoms with Gasteiger partial charge < -0.3 is 4.57 Å². The minimum Gasteiger partial charge on any atom is -0.302 e. The van der Waals surface area contributed by atoms with Crippen molar-refractivity contribution < 1.29 is 0 Å². The number of aromatic nitrogens is 3. The summed E-state index contributed by atoms with van der Waals surface area (Å²) in [5.41, 5.74) is 0.988. The molecule has 0 aliphatic rings. The lowest BCUT2D eigenvalue weighted by Gasteiger charge is -2.06. The Morgan fingerprint density at radius 1 is 1.44 bits per heavy atom. The monoisotopic (exact) mass is 279 g/mol. The first-order valence-corrected chi connectivity index (χ1v) is 7.05. The number of hydrogen-bond acceptors (Lipinski definition) is 3. The molecule has 0 saturated heterocycles. The second kappa shape index (κ2) is 6.07. The first kappa shape index (κ1) is 13.2. The van der Waals surface area contributed by atoms with Gasteiger partial charge in [0, 0.05) is 22.9 Å². The van der Waals surface area contributed by atoms with Crippen molar-refractivity contribution in [1.29, 1.82) is 0 Å². The van der Waals surface area contributed by atoms with Gasteiger partial charge in [-0.25, -0.2) is 0 Å². The minimum absolute atomic E-state index is 0.707. The van der Waals surface area contributed by atoms with Crippen molar-refractivity contribution in [2.45, 2.75) is 18.6 Å². The highest BCUT2D eigenvalue weighted by Crippen LogP contribution is 2.25. The molecule has 0 fully saturated rings. The summed E-state index contributed by atoms with van der Waals surface area (Å²) in [5, 5.41) is 10.1. The molecular formula is C13H14ClN3S. The molecule has 0 aliphatic carbocycles. The Morgan fingerprint density at radius 2 is 2.28 bits per heavy atom. The van der Waals surface area contributed by atoms with Crippen molar-refractivity contribution >= 4 is 23.4 Å². The van der Waals surface area contributed by atoms with Crippen LogP contribution in [0, 0.1) is 0 Å². The first-order chi connectivity index (χ1) is 8.76. The number of hydrogen-bond donors (Lipinski definition) is 0. The second-order valence-corrected chi connectivity index (χ2v) is 5.08. The third kappa shape index (κ3) is 2.76. The van der Waals surface area contributed by atoms with E-state index in [1.54, 1.807) is 11.8 Å². The van der Waals surface area contributed by atoms with Gasteiger partial charge in [0.2, 0.25) is 0 Å². The molecule has 0 spiro atoms. The van der Waals surface area contributed by atoms with Gasteiger partial charge in [0.1, 0.15) is 0 Å². The topological polar surface area (TPSA) is 30.7 Å². The van der Waals surface area contributed by atoms with E-state index in [2.05, 4.69) is 28.3 Å². The average molecular weight is 280 g/mol. The van der Waals surface area contributed by atoms with E-state index in [1.807, 2.05) is 30.3 Å². The molecule has 94 valence electrons. The fraction of sp³-hybridized carbons (Fsp3) is 0.231. The fourth-order valence-electron chi connectivity index (χ4n) is 1.66. The number of thioether (sulfide) groups is 1. The Balaban J connectivity index is 2.39. The van der Waals surface area contributed by atoms with E-state index < -0.39 is 0 Å². The lowest BCUT2D eigenvalue weighted by atomic mass is 10.2. The van der Waals surface area contributed by atoms with Crippen molar-refractivity contribution in [2.75, 3.05) is 5.75 Å².